The highest BCUT2D eigenvalue weighted by atomic mass is 16.1. The maximum atomic E-state index is 10.8. The summed E-state index contributed by atoms with van der Waals surface area (Å²) in [7, 11) is 0. The van der Waals surface area contributed by atoms with Crippen molar-refractivity contribution in [1.82, 2.24) is 5.32 Å². The van der Waals surface area contributed by atoms with Gasteiger partial charge in [-0.25, -0.2) is 0 Å². The lowest BCUT2D eigenvalue weighted by Crippen LogP contribution is -2.21. The maximum absolute atomic E-state index is 10.8. The minimum Gasteiger partial charge on any atom is -0.356 e. The van der Waals surface area contributed by atoms with Gasteiger partial charge < -0.3 is 5.32 Å². The number of allylic oxidation sites excluding steroid dienone is 1. The largest absolute Gasteiger partial charge is 0.356 e. The van der Waals surface area contributed by atoms with E-state index in [2.05, 4.69) is 25.7 Å². The van der Waals surface area contributed by atoms with Crippen LogP contribution in [0.3, 0.4) is 0 Å². The molecule has 0 spiro atoms. The molecule has 0 unspecified atom stereocenters. The molecule has 0 aliphatic rings. The van der Waals surface area contributed by atoms with Crippen LogP contribution in [0.25, 0.3) is 0 Å². The molecule has 0 bridgehead atoms. The summed E-state index contributed by atoms with van der Waals surface area (Å²) in [6.07, 6.45) is 5.55. The van der Waals surface area contributed by atoms with E-state index in [0.717, 1.165) is 19.4 Å². The number of hydrogen-bond donors (Lipinski definition) is 1. The lowest BCUT2D eigenvalue weighted by atomic mass is 10.2. The molecule has 2 nitrogen and oxygen atoms in total. The zero-order valence-corrected chi connectivity index (χ0v) is 9.23. The van der Waals surface area contributed by atoms with Gasteiger partial charge in [0.25, 0.3) is 0 Å². The second-order valence-corrected chi connectivity index (χ2v) is 2.84. The van der Waals surface area contributed by atoms with Crippen LogP contribution in [0.4, 0.5) is 0 Å². The van der Waals surface area contributed by atoms with Crippen molar-refractivity contribution in [2.24, 2.45) is 0 Å². The summed E-state index contributed by atoms with van der Waals surface area (Å²) in [5.74, 6) is 0.143. The summed E-state index contributed by atoms with van der Waals surface area (Å²) in [6.45, 7) is 10.5. The van der Waals surface area contributed by atoms with E-state index in [9.17, 15) is 4.79 Å². The van der Waals surface area contributed by atoms with Crippen molar-refractivity contribution >= 4 is 5.91 Å². The molecule has 0 aromatic rings. The maximum Gasteiger partial charge on any atom is 0.219 e. The van der Waals surface area contributed by atoms with E-state index in [1.165, 1.54) is 6.42 Å². The van der Waals surface area contributed by atoms with Crippen molar-refractivity contribution in [3.8, 4) is 0 Å². The first-order valence-corrected chi connectivity index (χ1v) is 5.10. The third-order valence-electron chi connectivity index (χ3n) is 1.19. The highest BCUT2D eigenvalue weighted by molar-refractivity contribution is 5.75. The Morgan fingerprint density at radius 1 is 1.38 bits per heavy atom. The minimum absolute atomic E-state index is 0.143. The van der Waals surface area contributed by atoms with Gasteiger partial charge in [0.2, 0.25) is 5.91 Å². The molecule has 1 N–H and O–H groups in total. The Balaban J connectivity index is 0. The summed E-state index contributed by atoms with van der Waals surface area (Å²) in [4.78, 5) is 10.8. The van der Waals surface area contributed by atoms with Gasteiger partial charge in [0.1, 0.15) is 0 Å². The molecule has 0 saturated carbocycles. The zero-order chi connectivity index (χ0) is 10.5. The molecule has 0 atom stereocenters. The van der Waals surface area contributed by atoms with E-state index in [0.29, 0.717) is 6.42 Å². The van der Waals surface area contributed by atoms with Crippen molar-refractivity contribution in [2.45, 2.75) is 46.5 Å². The van der Waals surface area contributed by atoms with Crippen LogP contribution in [0.1, 0.15) is 46.5 Å². The Labute approximate surface area is 82.4 Å². The van der Waals surface area contributed by atoms with E-state index in [4.69, 9.17) is 0 Å². The fourth-order valence-corrected chi connectivity index (χ4v) is 0.693. The highest BCUT2D eigenvalue weighted by Crippen LogP contribution is 1.94. The number of hydrogen-bond acceptors (Lipinski definition) is 1. The van der Waals surface area contributed by atoms with E-state index in [1.54, 1.807) is 0 Å². The smallest absolute Gasteiger partial charge is 0.219 e. The molecule has 1 amide bonds. The van der Waals surface area contributed by atoms with Crippen molar-refractivity contribution in [3.63, 3.8) is 0 Å². The van der Waals surface area contributed by atoms with Crippen molar-refractivity contribution in [2.75, 3.05) is 6.54 Å². The van der Waals surface area contributed by atoms with Crippen molar-refractivity contribution in [1.29, 1.82) is 0 Å². The molecule has 0 aliphatic heterocycles. The molecule has 0 radical (unpaired) electrons. The first kappa shape index (κ1) is 14.7. The van der Waals surface area contributed by atoms with Crippen molar-refractivity contribution < 1.29 is 4.79 Å². The average Bonchev–Trinajstić information content (AvgIpc) is 2.07. The van der Waals surface area contributed by atoms with Gasteiger partial charge in [-0.2, -0.15) is 0 Å². The Morgan fingerprint density at radius 3 is 2.31 bits per heavy atom. The molecule has 78 valence electrons. The molecular weight excluding hydrogens is 162 g/mol. The molecule has 0 fully saturated rings. The molecule has 0 heterocycles. The third kappa shape index (κ3) is 18.3. The first-order valence-electron chi connectivity index (χ1n) is 5.10. The SMILES string of the molecule is C=CCCCC(=O)NCC.CCC. The van der Waals surface area contributed by atoms with Crippen LogP contribution in [0.2, 0.25) is 0 Å². The van der Waals surface area contributed by atoms with E-state index in [1.807, 2.05) is 13.0 Å². The Bertz CT molecular complexity index is 121. The fourth-order valence-electron chi connectivity index (χ4n) is 0.693. The van der Waals surface area contributed by atoms with Gasteiger partial charge in [-0.05, 0) is 19.8 Å². The molecule has 0 rings (SSSR count). The van der Waals surface area contributed by atoms with Crippen molar-refractivity contribution in [3.05, 3.63) is 12.7 Å². The Hall–Kier alpha value is -0.790. The quantitative estimate of drug-likeness (QED) is 0.518. The summed E-state index contributed by atoms with van der Waals surface area (Å²) in [5.41, 5.74) is 0. The number of rotatable bonds is 5. The fraction of sp³-hybridized carbons (Fsp3) is 0.727. The van der Waals surface area contributed by atoms with Gasteiger partial charge in [0.15, 0.2) is 0 Å². The summed E-state index contributed by atoms with van der Waals surface area (Å²) < 4.78 is 0. The standard InChI is InChI=1S/C8H15NO.C3H8/c1-3-5-6-7-8(10)9-4-2;1-3-2/h3H,1,4-7H2,2H3,(H,9,10);3H2,1-2H3. The van der Waals surface area contributed by atoms with Gasteiger partial charge in [-0.1, -0.05) is 26.3 Å². The van der Waals surface area contributed by atoms with Crippen LogP contribution in [0.15, 0.2) is 12.7 Å². The molecule has 0 aromatic heterocycles. The van der Waals surface area contributed by atoms with Crippen LogP contribution in [0.5, 0.6) is 0 Å². The van der Waals surface area contributed by atoms with Crippen LogP contribution < -0.4 is 5.32 Å². The van der Waals surface area contributed by atoms with Crippen LogP contribution >= 0.6 is 0 Å². The molecule has 0 saturated heterocycles. The summed E-state index contributed by atoms with van der Waals surface area (Å²) >= 11 is 0. The Morgan fingerprint density at radius 2 is 1.92 bits per heavy atom. The van der Waals surface area contributed by atoms with Gasteiger partial charge in [-0.15, -0.1) is 6.58 Å². The second kappa shape index (κ2) is 13.8. The summed E-state index contributed by atoms with van der Waals surface area (Å²) in [5, 5.41) is 2.73. The molecular formula is C11H23NO. The Kier molecular flexibility index (Phi) is 15.6. The monoisotopic (exact) mass is 185 g/mol. The molecule has 2 heteroatoms. The normalized spacial score (nSPS) is 8.23. The average molecular weight is 185 g/mol. The van der Waals surface area contributed by atoms with Crippen LogP contribution in [-0.2, 0) is 4.79 Å². The summed E-state index contributed by atoms with van der Waals surface area (Å²) in [6, 6.07) is 0. The zero-order valence-electron chi connectivity index (χ0n) is 9.23. The van der Waals surface area contributed by atoms with Crippen LogP contribution in [0, 0.1) is 0 Å². The molecule has 0 aromatic carbocycles. The van der Waals surface area contributed by atoms with E-state index >= 15 is 0 Å². The highest BCUT2D eigenvalue weighted by Gasteiger charge is 1.95. The molecule has 0 aliphatic carbocycles. The van der Waals surface area contributed by atoms with E-state index in [-0.39, 0.29) is 5.91 Å². The van der Waals surface area contributed by atoms with Gasteiger partial charge >= 0.3 is 0 Å². The third-order valence-corrected chi connectivity index (χ3v) is 1.19. The lowest BCUT2D eigenvalue weighted by molar-refractivity contribution is -0.121. The predicted molar refractivity (Wildman–Crippen MR) is 58.7 cm³/mol. The molecule has 13 heavy (non-hydrogen) atoms. The first-order chi connectivity index (χ1) is 6.22. The number of nitrogens with one attached hydrogen (secondary N) is 1. The van der Waals surface area contributed by atoms with Gasteiger partial charge in [0.05, 0.1) is 0 Å². The lowest BCUT2D eigenvalue weighted by Gasteiger charge is -1.98. The second-order valence-electron chi connectivity index (χ2n) is 2.84. The number of carbonyl (C=O) groups is 1. The van der Waals surface area contributed by atoms with Crippen LogP contribution in [-0.4, -0.2) is 12.5 Å². The number of carbonyl (C=O) groups excluding carboxylic acids is 1. The predicted octanol–water partition coefficient (Wildman–Crippen LogP) is 2.90. The van der Waals surface area contributed by atoms with E-state index < -0.39 is 0 Å². The van der Waals surface area contributed by atoms with Gasteiger partial charge in [-0.3, -0.25) is 4.79 Å². The number of unbranched alkanes of at least 4 members (excludes halogenated alkanes) is 1. The number of amides is 1. The van der Waals surface area contributed by atoms with Gasteiger partial charge in [0, 0.05) is 13.0 Å². The minimum atomic E-state index is 0.143. The topological polar surface area (TPSA) is 29.1 Å².